The monoisotopic (exact) mass is 537 g/mol. The number of thioether (sulfide) groups is 1. The third-order valence-corrected chi connectivity index (χ3v) is 7.90. The highest BCUT2D eigenvalue weighted by Crippen LogP contribution is 2.48. The molecule has 7 nitrogen and oxygen atoms in total. The Morgan fingerprint density at radius 1 is 1.00 bits per heavy atom. The Hall–Kier alpha value is -3.39. The molecular formula is C30H35NO6S. The van der Waals surface area contributed by atoms with Gasteiger partial charge in [0.25, 0.3) is 0 Å². The molecule has 0 bridgehead atoms. The van der Waals surface area contributed by atoms with Gasteiger partial charge in [0.1, 0.15) is 12.4 Å². The van der Waals surface area contributed by atoms with Crippen molar-refractivity contribution in [3.63, 3.8) is 0 Å². The standard InChI is InChI=1S/C30H35NO6S/c1-6-38-14-13-37-30(33)27-18(2)31-22-15-20(19-11-12-25(35-4)26(17-19)36-5)16-23(32)29(22)28(27)21-9-7-8-10-24(21)34-3/h7-12,17,20,28,31H,6,13-16H2,1-5H3/t20-,28+/m0/s1. The maximum atomic E-state index is 13.9. The number of ether oxygens (including phenoxy) is 4. The molecule has 0 fully saturated rings. The highest BCUT2D eigenvalue weighted by Gasteiger charge is 2.42. The minimum absolute atomic E-state index is 0.00576. The fourth-order valence-electron chi connectivity index (χ4n) is 5.28. The molecule has 1 heterocycles. The summed E-state index contributed by atoms with van der Waals surface area (Å²) in [5, 5.41) is 3.41. The molecule has 0 radical (unpaired) electrons. The number of benzene rings is 2. The number of rotatable bonds is 10. The van der Waals surface area contributed by atoms with E-state index >= 15 is 0 Å². The van der Waals surface area contributed by atoms with Crippen molar-refractivity contribution in [1.82, 2.24) is 5.32 Å². The number of esters is 1. The number of nitrogens with one attached hydrogen (secondary N) is 1. The van der Waals surface area contributed by atoms with Gasteiger partial charge in [0.2, 0.25) is 0 Å². The number of methoxy groups -OCH3 is 3. The summed E-state index contributed by atoms with van der Waals surface area (Å²) >= 11 is 1.71. The van der Waals surface area contributed by atoms with Gasteiger partial charge in [0.05, 0.1) is 32.8 Å². The Labute approximate surface area is 228 Å². The van der Waals surface area contributed by atoms with Crippen molar-refractivity contribution < 1.29 is 28.5 Å². The number of allylic oxidation sites excluding steroid dienone is 3. The maximum absolute atomic E-state index is 13.9. The lowest BCUT2D eigenvalue weighted by Gasteiger charge is -2.37. The van der Waals surface area contributed by atoms with Crippen molar-refractivity contribution in [2.45, 2.75) is 38.5 Å². The number of ketones is 1. The third kappa shape index (κ3) is 5.55. The van der Waals surface area contributed by atoms with Crippen molar-refractivity contribution in [1.29, 1.82) is 0 Å². The van der Waals surface area contributed by atoms with E-state index < -0.39 is 11.9 Å². The first-order chi connectivity index (χ1) is 18.4. The average molecular weight is 538 g/mol. The second-order valence-electron chi connectivity index (χ2n) is 9.21. The van der Waals surface area contributed by atoms with Crippen molar-refractivity contribution in [2.75, 3.05) is 39.4 Å². The van der Waals surface area contributed by atoms with Crippen molar-refractivity contribution >= 4 is 23.5 Å². The molecule has 1 aliphatic heterocycles. The molecule has 1 N–H and O–H groups in total. The molecule has 38 heavy (non-hydrogen) atoms. The van der Waals surface area contributed by atoms with Gasteiger partial charge in [0.15, 0.2) is 17.3 Å². The van der Waals surface area contributed by atoms with E-state index in [1.165, 1.54) is 0 Å². The summed E-state index contributed by atoms with van der Waals surface area (Å²) in [6.45, 7) is 4.25. The lowest BCUT2D eigenvalue weighted by atomic mass is 9.71. The summed E-state index contributed by atoms with van der Waals surface area (Å²) in [4.78, 5) is 27.3. The number of para-hydroxylation sites is 1. The van der Waals surface area contributed by atoms with Crippen molar-refractivity contribution in [3.05, 3.63) is 76.1 Å². The summed E-state index contributed by atoms with van der Waals surface area (Å²) in [7, 11) is 4.80. The van der Waals surface area contributed by atoms with Crippen LogP contribution < -0.4 is 19.5 Å². The number of carbonyl (C=O) groups excluding carboxylic acids is 2. The van der Waals surface area contributed by atoms with Gasteiger partial charge < -0.3 is 24.3 Å². The highest BCUT2D eigenvalue weighted by atomic mass is 32.2. The number of hydrogen-bond donors (Lipinski definition) is 1. The first-order valence-electron chi connectivity index (χ1n) is 12.8. The number of hydrogen-bond acceptors (Lipinski definition) is 8. The molecule has 2 aromatic carbocycles. The quantitative estimate of drug-likeness (QED) is 0.320. The smallest absolute Gasteiger partial charge is 0.336 e. The molecule has 0 saturated heterocycles. The zero-order valence-electron chi connectivity index (χ0n) is 22.6. The Kier molecular flexibility index (Phi) is 9.05. The van der Waals surface area contributed by atoms with Crippen LogP contribution in [0.4, 0.5) is 0 Å². The van der Waals surface area contributed by atoms with E-state index in [1.807, 2.05) is 49.4 Å². The van der Waals surface area contributed by atoms with Crippen LogP contribution in [-0.4, -0.2) is 51.2 Å². The summed E-state index contributed by atoms with van der Waals surface area (Å²) in [5.41, 5.74) is 4.34. The molecular weight excluding hydrogens is 502 g/mol. The van der Waals surface area contributed by atoms with Crippen molar-refractivity contribution in [3.8, 4) is 17.2 Å². The molecule has 202 valence electrons. The Morgan fingerprint density at radius 3 is 2.45 bits per heavy atom. The lowest BCUT2D eigenvalue weighted by Crippen LogP contribution is -2.36. The summed E-state index contributed by atoms with van der Waals surface area (Å²) in [5.74, 6) is 2.54. The topological polar surface area (TPSA) is 83.1 Å². The summed E-state index contributed by atoms with van der Waals surface area (Å²) in [6, 6.07) is 13.3. The zero-order valence-corrected chi connectivity index (χ0v) is 23.4. The number of carbonyl (C=O) groups is 2. The Balaban J connectivity index is 1.74. The third-order valence-electron chi connectivity index (χ3n) is 7.04. The van der Waals surface area contributed by atoms with Crippen LogP contribution in [0.2, 0.25) is 0 Å². The first kappa shape index (κ1) is 27.6. The summed E-state index contributed by atoms with van der Waals surface area (Å²) in [6.07, 6.45) is 0.936. The van der Waals surface area contributed by atoms with Crippen LogP contribution in [0.25, 0.3) is 0 Å². The van der Waals surface area contributed by atoms with Gasteiger partial charge in [-0.2, -0.15) is 11.8 Å². The van der Waals surface area contributed by atoms with E-state index in [0.29, 0.717) is 53.5 Å². The van der Waals surface area contributed by atoms with Crippen LogP contribution in [0.15, 0.2) is 65.0 Å². The van der Waals surface area contributed by atoms with Gasteiger partial charge >= 0.3 is 5.97 Å². The molecule has 8 heteroatoms. The average Bonchev–Trinajstić information content (AvgIpc) is 2.93. The molecule has 0 spiro atoms. The fourth-order valence-corrected chi connectivity index (χ4v) is 5.77. The summed E-state index contributed by atoms with van der Waals surface area (Å²) < 4.78 is 22.2. The predicted molar refractivity (Wildman–Crippen MR) is 149 cm³/mol. The van der Waals surface area contributed by atoms with Crippen LogP contribution >= 0.6 is 11.8 Å². The normalized spacial score (nSPS) is 19.0. The van der Waals surface area contributed by atoms with Crippen molar-refractivity contribution in [2.24, 2.45) is 0 Å². The minimum atomic E-state index is -0.576. The molecule has 1 aliphatic carbocycles. The number of Topliss-reactive ketones (excluding diaryl/α,β-unsaturated/α-hetero) is 1. The first-order valence-corrected chi connectivity index (χ1v) is 13.9. The Morgan fingerprint density at radius 2 is 1.74 bits per heavy atom. The maximum Gasteiger partial charge on any atom is 0.336 e. The van der Waals surface area contributed by atoms with Crippen LogP contribution in [0.5, 0.6) is 17.2 Å². The van der Waals surface area contributed by atoms with E-state index in [0.717, 1.165) is 28.3 Å². The largest absolute Gasteiger partial charge is 0.496 e. The SMILES string of the molecule is CCSCCOC(=O)C1=C(C)NC2=C(C(=O)C[C@@H](c3ccc(OC)c(OC)c3)C2)[C@@H]1c1ccccc1OC. The van der Waals surface area contributed by atoms with E-state index in [9.17, 15) is 9.59 Å². The van der Waals surface area contributed by atoms with Gasteiger partial charge in [-0.3, -0.25) is 4.79 Å². The zero-order chi connectivity index (χ0) is 27.2. The molecule has 2 atom stereocenters. The van der Waals surface area contributed by atoms with E-state index in [2.05, 4.69) is 12.2 Å². The fraction of sp³-hybridized carbons (Fsp3) is 0.400. The van der Waals surface area contributed by atoms with E-state index in [4.69, 9.17) is 18.9 Å². The van der Waals surface area contributed by atoms with E-state index in [-0.39, 0.29) is 11.7 Å². The molecule has 0 amide bonds. The molecule has 0 aromatic heterocycles. The molecule has 0 saturated carbocycles. The molecule has 2 aromatic rings. The molecule has 0 unspecified atom stereocenters. The predicted octanol–water partition coefficient (Wildman–Crippen LogP) is 5.37. The van der Waals surface area contributed by atoms with Crippen LogP contribution in [0.3, 0.4) is 0 Å². The van der Waals surface area contributed by atoms with Gasteiger partial charge in [-0.1, -0.05) is 31.2 Å². The molecule has 2 aliphatic rings. The van der Waals surface area contributed by atoms with E-state index in [1.54, 1.807) is 33.1 Å². The number of dihydropyridines is 1. The highest BCUT2D eigenvalue weighted by molar-refractivity contribution is 7.99. The second kappa shape index (κ2) is 12.4. The van der Waals surface area contributed by atoms with Gasteiger partial charge in [-0.05, 0) is 48.8 Å². The van der Waals surface area contributed by atoms with Crippen LogP contribution in [0, 0.1) is 0 Å². The Bertz CT molecular complexity index is 1270. The van der Waals surface area contributed by atoms with Crippen LogP contribution in [0.1, 0.15) is 49.7 Å². The van der Waals surface area contributed by atoms with Gasteiger partial charge in [-0.25, -0.2) is 4.79 Å². The van der Waals surface area contributed by atoms with Crippen LogP contribution in [-0.2, 0) is 14.3 Å². The molecule has 4 rings (SSSR count). The van der Waals surface area contributed by atoms with Gasteiger partial charge in [0, 0.05) is 34.7 Å². The van der Waals surface area contributed by atoms with Gasteiger partial charge in [-0.15, -0.1) is 0 Å². The second-order valence-corrected chi connectivity index (χ2v) is 10.6. The lowest BCUT2D eigenvalue weighted by molar-refractivity contribution is -0.138. The minimum Gasteiger partial charge on any atom is -0.496 e.